The maximum atomic E-state index is 14.5. The third-order valence-electron chi connectivity index (χ3n) is 6.20. The number of rotatable bonds is 11. The van der Waals surface area contributed by atoms with Crippen LogP contribution in [0.25, 0.3) is 0 Å². The van der Waals surface area contributed by atoms with Gasteiger partial charge < -0.3 is 34.9 Å². The summed E-state index contributed by atoms with van der Waals surface area (Å²) < 4.78 is 44.4. The van der Waals surface area contributed by atoms with E-state index in [0.717, 1.165) is 43.4 Å². The average molecular weight is 516 g/mol. The summed E-state index contributed by atoms with van der Waals surface area (Å²) in [6.45, 7) is 2.31. The Morgan fingerprint density at radius 2 is 1.62 bits per heavy atom. The molecule has 0 amide bonds. The van der Waals surface area contributed by atoms with Crippen molar-refractivity contribution in [3.05, 3.63) is 59.9 Å². The molecule has 4 rings (SSSR count). The van der Waals surface area contributed by atoms with Gasteiger partial charge in [0.1, 0.15) is 6.61 Å². The minimum absolute atomic E-state index is 0.141. The van der Waals surface area contributed by atoms with Crippen LogP contribution >= 0.6 is 0 Å². The first-order valence-electron chi connectivity index (χ1n) is 12.0. The number of benzene rings is 2. The van der Waals surface area contributed by atoms with E-state index in [1.54, 1.807) is 0 Å². The van der Waals surface area contributed by atoms with Crippen molar-refractivity contribution in [1.82, 2.24) is 15.3 Å². The first-order valence-corrected chi connectivity index (χ1v) is 12.0. The van der Waals surface area contributed by atoms with Crippen LogP contribution in [0.5, 0.6) is 17.2 Å². The summed E-state index contributed by atoms with van der Waals surface area (Å²) in [5, 5.41) is 15.5. The van der Waals surface area contributed by atoms with Crippen molar-refractivity contribution in [2.75, 3.05) is 50.7 Å². The van der Waals surface area contributed by atoms with Crippen LogP contribution in [-0.4, -0.2) is 61.6 Å². The van der Waals surface area contributed by atoms with Crippen LogP contribution in [0, 0.1) is 11.6 Å². The molecule has 1 aliphatic heterocycles. The second-order valence-electron chi connectivity index (χ2n) is 8.53. The molecule has 0 atom stereocenters. The van der Waals surface area contributed by atoms with Crippen LogP contribution in [0.2, 0.25) is 0 Å². The molecule has 1 aromatic heterocycles. The van der Waals surface area contributed by atoms with Gasteiger partial charge in [0.25, 0.3) is 0 Å². The van der Waals surface area contributed by atoms with Crippen molar-refractivity contribution >= 4 is 17.3 Å². The lowest BCUT2D eigenvalue weighted by atomic mass is 10.0. The number of aromatic nitrogens is 2. The van der Waals surface area contributed by atoms with Gasteiger partial charge in [-0.3, -0.25) is 0 Å². The third-order valence-corrected chi connectivity index (χ3v) is 6.20. The van der Waals surface area contributed by atoms with Gasteiger partial charge in [0, 0.05) is 43.1 Å². The molecule has 1 saturated heterocycles. The van der Waals surface area contributed by atoms with Crippen LogP contribution in [0.3, 0.4) is 0 Å². The van der Waals surface area contributed by atoms with Gasteiger partial charge in [0.2, 0.25) is 5.95 Å². The SMILES string of the molecule is COc1cc(OC)c(F)c(COc2cnc(Nc3ccc(N4CCC(NCCO)CC4)cc3)nc2)c1F. The summed E-state index contributed by atoms with van der Waals surface area (Å²) in [4.78, 5) is 10.8. The van der Waals surface area contributed by atoms with Crippen molar-refractivity contribution in [3.63, 3.8) is 0 Å². The molecule has 11 heteroatoms. The van der Waals surface area contributed by atoms with Gasteiger partial charge in [-0.15, -0.1) is 0 Å². The zero-order valence-corrected chi connectivity index (χ0v) is 20.8. The quantitative estimate of drug-likeness (QED) is 0.353. The molecule has 37 heavy (non-hydrogen) atoms. The number of nitrogens with one attached hydrogen (secondary N) is 2. The Hall–Kier alpha value is -3.70. The number of aliphatic hydroxyl groups is 1. The highest BCUT2D eigenvalue weighted by atomic mass is 19.1. The first-order chi connectivity index (χ1) is 18.0. The number of nitrogens with zero attached hydrogens (tertiary/aromatic N) is 3. The van der Waals surface area contributed by atoms with E-state index in [4.69, 9.17) is 19.3 Å². The summed E-state index contributed by atoms with van der Waals surface area (Å²) in [7, 11) is 2.57. The molecule has 1 fully saturated rings. The zero-order chi connectivity index (χ0) is 26.2. The Balaban J connectivity index is 1.32. The molecule has 0 aliphatic carbocycles. The highest BCUT2D eigenvalue weighted by Gasteiger charge is 2.21. The molecule has 0 spiro atoms. The summed E-state index contributed by atoms with van der Waals surface area (Å²) >= 11 is 0. The number of methoxy groups -OCH3 is 2. The predicted molar refractivity (Wildman–Crippen MR) is 136 cm³/mol. The number of ether oxygens (including phenoxy) is 3. The number of anilines is 3. The maximum Gasteiger partial charge on any atom is 0.227 e. The highest BCUT2D eigenvalue weighted by Crippen LogP contribution is 2.32. The first kappa shape index (κ1) is 26.4. The van der Waals surface area contributed by atoms with Crippen molar-refractivity contribution in [2.24, 2.45) is 0 Å². The van der Waals surface area contributed by atoms with Crippen LogP contribution in [0.4, 0.5) is 26.1 Å². The van der Waals surface area contributed by atoms with E-state index in [1.807, 2.05) is 24.3 Å². The molecule has 3 N–H and O–H groups in total. The van der Waals surface area contributed by atoms with Gasteiger partial charge in [0.05, 0.1) is 38.8 Å². The largest absolute Gasteiger partial charge is 0.494 e. The lowest BCUT2D eigenvalue weighted by Gasteiger charge is -2.34. The fraction of sp³-hybridized carbons (Fsp3) is 0.385. The second-order valence-corrected chi connectivity index (χ2v) is 8.53. The smallest absolute Gasteiger partial charge is 0.227 e. The van der Waals surface area contributed by atoms with Crippen LogP contribution in [0.15, 0.2) is 42.7 Å². The van der Waals surface area contributed by atoms with Gasteiger partial charge >= 0.3 is 0 Å². The summed E-state index contributed by atoms with van der Waals surface area (Å²) in [6, 6.07) is 9.61. The number of hydrogen-bond donors (Lipinski definition) is 3. The maximum absolute atomic E-state index is 14.5. The molecule has 198 valence electrons. The molecule has 1 aliphatic rings. The van der Waals surface area contributed by atoms with Gasteiger partial charge in [-0.1, -0.05) is 0 Å². The van der Waals surface area contributed by atoms with Crippen molar-refractivity contribution in [1.29, 1.82) is 0 Å². The Bertz CT molecular complexity index is 1130. The van der Waals surface area contributed by atoms with E-state index >= 15 is 0 Å². The molecular formula is C26H31F2N5O4. The van der Waals surface area contributed by atoms with Crippen LogP contribution in [-0.2, 0) is 6.61 Å². The molecule has 2 aromatic carbocycles. The van der Waals surface area contributed by atoms with Gasteiger partial charge in [-0.2, -0.15) is 0 Å². The lowest BCUT2D eigenvalue weighted by molar-refractivity contribution is 0.277. The summed E-state index contributed by atoms with van der Waals surface area (Å²) in [6.07, 6.45) is 4.91. The summed E-state index contributed by atoms with van der Waals surface area (Å²) in [5.74, 6) is -1.39. The minimum Gasteiger partial charge on any atom is -0.494 e. The number of halogens is 2. The molecule has 2 heterocycles. The fourth-order valence-electron chi connectivity index (χ4n) is 4.17. The van der Waals surface area contributed by atoms with E-state index in [1.165, 1.54) is 26.6 Å². The monoisotopic (exact) mass is 515 g/mol. The number of aliphatic hydroxyl groups excluding tert-OH is 1. The van der Waals surface area contributed by atoms with Crippen molar-refractivity contribution < 1.29 is 28.1 Å². The minimum atomic E-state index is -0.855. The molecule has 0 unspecified atom stereocenters. The molecule has 3 aromatic rings. The topological polar surface area (TPSA) is 101 Å². The third kappa shape index (κ3) is 6.55. The van der Waals surface area contributed by atoms with E-state index in [9.17, 15) is 8.78 Å². The van der Waals surface area contributed by atoms with Crippen molar-refractivity contribution in [3.8, 4) is 17.2 Å². The predicted octanol–water partition coefficient (Wildman–Crippen LogP) is 3.65. The molecule has 0 bridgehead atoms. The number of piperidine rings is 1. The Morgan fingerprint density at radius 1 is 1.00 bits per heavy atom. The standard InChI is InChI=1S/C26H31F2N5O4/c1-35-22-13-23(36-2)25(28)21(24(22)27)16-37-20-14-30-26(31-15-20)32-18-3-5-19(6-4-18)33-10-7-17(8-11-33)29-9-12-34/h3-6,13-15,17,29,34H,7-12,16H2,1-2H3,(H,30,31,32). The van der Waals surface area contributed by atoms with Gasteiger partial charge in [-0.05, 0) is 37.1 Å². The second kappa shape index (κ2) is 12.5. The van der Waals surface area contributed by atoms with E-state index < -0.39 is 18.2 Å². The average Bonchev–Trinajstić information content (AvgIpc) is 2.93. The van der Waals surface area contributed by atoms with E-state index in [-0.39, 0.29) is 29.4 Å². The number of hydrogen-bond acceptors (Lipinski definition) is 9. The molecule has 9 nitrogen and oxygen atoms in total. The lowest BCUT2D eigenvalue weighted by Crippen LogP contribution is -2.43. The molecule has 0 saturated carbocycles. The molecule has 0 radical (unpaired) electrons. The molecular weight excluding hydrogens is 484 g/mol. The Morgan fingerprint density at radius 3 is 2.19 bits per heavy atom. The Kier molecular flexibility index (Phi) is 8.91. The van der Waals surface area contributed by atoms with Gasteiger partial charge in [0.15, 0.2) is 28.9 Å². The van der Waals surface area contributed by atoms with Gasteiger partial charge in [-0.25, -0.2) is 18.7 Å². The fourth-order valence-corrected chi connectivity index (χ4v) is 4.17. The normalized spacial score (nSPS) is 13.9. The highest BCUT2D eigenvalue weighted by molar-refractivity contribution is 5.59. The van der Waals surface area contributed by atoms with E-state index in [2.05, 4.69) is 25.5 Å². The van der Waals surface area contributed by atoms with Crippen LogP contribution < -0.4 is 29.7 Å². The summed E-state index contributed by atoms with van der Waals surface area (Å²) in [5.41, 5.74) is 1.65. The Labute approximate surface area is 214 Å². The van der Waals surface area contributed by atoms with Crippen LogP contribution in [0.1, 0.15) is 18.4 Å². The van der Waals surface area contributed by atoms with E-state index in [0.29, 0.717) is 18.5 Å². The zero-order valence-electron chi connectivity index (χ0n) is 20.8. The van der Waals surface area contributed by atoms with Crippen molar-refractivity contribution in [2.45, 2.75) is 25.5 Å².